The van der Waals surface area contributed by atoms with E-state index in [-0.39, 0.29) is 12.5 Å². The van der Waals surface area contributed by atoms with Crippen LogP contribution in [0.2, 0.25) is 5.02 Å². The van der Waals surface area contributed by atoms with Gasteiger partial charge in [0.25, 0.3) is 5.91 Å². The van der Waals surface area contributed by atoms with Gasteiger partial charge >= 0.3 is 11.8 Å². The van der Waals surface area contributed by atoms with Crippen molar-refractivity contribution in [2.45, 2.75) is 0 Å². The average molecular weight is 481 g/mol. The van der Waals surface area contributed by atoms with Crippen LogP contribution in [0, 0.1) is 0 Å². The minimum absolute atomic E-state index is 0.171. The molecule has 0 heterocycles. The SMILES string of the molecule is COc1ccc(NC(=O)C(=O)N/N=C\c2ccc(OCC(=O)Nc3ccc(Cl)cc3)cc2)cc1. The summed E-state index contributed by atoms with van der Waals surface area (Å²) in [6.45, 7) is -0.171. The fourth-order valence-electron chi connectivity index (χ4n) is 2.61. The van der Waals surface area contributed by atoms with Crippen LogP contribution in [0.15, 0.2) is 77.9 Å². The van der Waals surface area contributed by atoms with Gasteiger partial charge in [-0.1, -0.05) is 11.6 Å². The molecule has 3 amide bonds. The number of methoxy groups -OCH3 is 1. The molecule has 0 radical (unpaired) electrons. The largest absolute Gasteiger partial charge is 0.497 e. The maximum Gasteiger partial charge on any atom is 0.329 e. The molecule has 0 spiro atoms. The van der Waals surface area contributed by atoms with Gasteiger partial charge in [-0.2, -0.15) is 5.10 Å². The van der Waals surface area contributed by atoms with E-state index < -0.39 is 11.8 Å². The molecule has 174 valence electrons. The van der Waals surface area contributed by atoms with E-state index in [0.717, 1.165) is 0 Å². The van der Waals surface area contributed by atoms with Gasteiger partial charge in [-0.15, -0.1) is 0 Å². The van der Waals surface area contributed by atoms with Gasteiger partial charge in [0.2, 0.25) is 0 Å². The summed E-state index contributed by atoms with van der Waals surface area (Å²) in [5.41, 5.74) is 3.87. The number of halogens is 1. The van der Waals surface area contributed by atoms with Crippen LogP contribution in [0.1, 0.15) is 5.56 Å². The summed E-state index contributed by atoms with van der Waals surface area (Å²) < 4.78 is 10.5. The Morgan fingerprint density at radius 3 is 2.06 bits per heavy atom. The number of rotatable bonds is 8. The molecule has 0 atom stereocenters. The molecule has 0 saturated heterocycles. The zero-order chi connectivity index (χ0) is 24.3. The van der Waals surface area contributed by atoms with E-state index in [9.17, 15) is 14.4 Å². The van der Waals surface area contributed by atoms with E-state index in [1.54, 1.807) is 72.8 Å². The summed E-state index contributed by atoms with van der Waals surface area (Å²) in [5, 5.41) is 9.50. The highest BCUT2D eigenvalue weighted by atomic mass is 35.5. The Bertz CT molecular complexity index is 1160. The van der Waals surface area contributed by atoms with Crippen molar-refractivity contribution in [3.63, 3.8) is 0 Å². The van der Waals surface area contributed by atoms with Crippen LogP contribution in [0.3, 0.4) is 0 Å². The molecule has 3 N–H and O–H groups in total. The summed E-state index contributed by atoms with van der Waals surface area (Å²) >= 11 is 5.81. The Kier molecular flexibility index (Phi) is 8.59. The van der Waals surface area contributed by atoms with Gasteiger partial charge in [-0.3, -0.25) is 14.4 Å². The molecule has 0 aliphatic carbocycles. The first-order chi connectivity index (χ1) is 16.4. The molecule has 3 rings (SSSR count). The molecule has 0 aliphatic rings. The summed E-state index contributed by atoms with van der Waals surface area (Å²) in [7, 11) is 1.53. The van der Waals surface area contributed by atoms with Crippen LogP contribution >= 0.6 is 11.6 Å². The first-order valence-corrected chi connectivity index (χ1v) is 10.4. The smallest absolute Gasteiger partial charge is 0.329 e. The Balaban J connectivity index is 1.41. The van der Waals surface area contributed by atoms with Crippen LogP contribution in [-0.4, -0.2) is 37.7 Å². The predicted molar refractivity (Wildman–Crippen MR) is 129 cm³/mol. The summed E-state index contributed by atoms with van der Waals surface area (Å²) in [4.78, 5) is 35.8. The van der Waals surface area contributed by atoms with E-state index in [0.29, 0.717) is 33.5 Å². The molecule has 3 aromatic rings. The van der Waals surface area contributed by atoms with Crippen LogP contribution < -0.4 is 25.5 Å². The molecular weight excluding hydrogens is 460 g/mol. The van der Waals surface area contributed by atoms with E-state index >= 15 is 0 Å². The van der Waals surface area contributed by atoms with Crippen molar-refractivity contribution in [1.82, 2.24) is 5.43 Å². The fourth-order valence-corrected chi connectivity index (χ4v) is 2.73. The highest BCUT2D eigenvalue weighted by Crippen LogP contribution is 2.15. The third-order valence-corrected chi connectivity index (χ3v) is 4.56. The number of carbonyl (C=O) groups excluding carboxylic acids is 3. The van der Waals surface area contributed by atoms with Crippen LogP contribution in [0.4, 0.5) is 11.4 Å². The molecule has 0 aromatic heterocycles. The lowest BCUT2D eigenvalue weighted by molar-refractivity contribution is -0.136. The summed E-state index contributed by atoms with van der Waals surface area (Å²) in [6, 6.07) is 19.9. The van der Waals surface area contributed by atoms with Crippen LogP contribution in [0.25, 0.3) is 0 Å². The van der Waals surface area contributed by atoms with E-state index in [1.165, 1.54) is 13.3 Å². The third-order valence-electron chi connectivity index (χ3n) is 4.31. The number of benzene rings is 3. The first kappa shape index (κ1) is 24.3. The van der Waals surface area contributed by atoms with Gasteiger partial charge in [-0.25, -0.2) is 5.43 Å². The molecule has 0 saturated carbocycles. The van der Waals surface area contributed by atoms with Gasteiger partial charge in [0.1, 0.15) is 11.5 Å². The lowest BCUT2D eigenvalue weighted by atomic mass is 10.2. The van der Waals surface area contributed by atoms with Gasteiger partial charge in [0, 0.05) is 16.4 Å². The van der Waals surface area contributed by atoms with Crippen molar-refractivity contribution in [1.29, 1.82) is 0 Å². The van der Waals surface area contributed by atoms with Crippen molar-refractivity contribution >= 4 is 46.9 Å². The number of nitrogens with one attached hydrogen (secondary N) is 3. The molecule has 10 heteroatoms. The fraction of sp³-hybridized carbons (Fsp3) is 0.0833. The van der Waals surface area contributed by atoms with Crippen LogP contribution in [-0.2, 0) is 14.4 Å². The van der Waals surface area contributed by atoms with Gasteiger partial charge in [-0.05, 0) is 78.4 Å². The highest BCUT2D eigenvalue weighted by molar-refractivity contribution is 6.39. The monoisotopic (exact) mass is 480 g/mol. The predicted octanol–water partition coefficient (Wildman–Crippen LogP) is 3.45. The standard InChI is InChI=1S/C24H21ClN4O5/c1-33-20-12-8-19(9-13-20)28-23(31)24(32)29-26-14-16-2-10-21(11-3-16)34-15-22(30)27-18-6-4-17(25)5-7-18/h2-14H,15H2,1H3,(H,27,30)(H,28,31)(H,29,32)/b26-14-. The molecule has 3 aromatic carbocycles. The second-order valence-electron chi connectivity index (χ2n) is 6.79. The zero-order valence-electron chi connectivity index (χ0n) is 18.1. The van der Waals surface area contributed by atoms with Gasteiger partial charge in [0.05, 0.1) is 13.3 Å². The Hall–Kier alpha value is -4.37. The number of amides is 3. The highest BCUT2D eigenvalue weighted by Gasteiger charge is 2.12. The molecular formula is C24H21ClN4O5. The second-order valence-corrected chi connectivity index (χ2v) is 7.23. The van der Waals surface area contributed by atoms with Gasteiger partial charge in [0.15, 0.2) is 6.61 Å². The van der Waals surface area contributed by atoms with Crippen molar-refractivity contribution in [3.8, 4) is 11.5 Å². The molecule has 0 bridgehead atoms. The number of carbonyl (C=O) groups is 3. The minimum atomic E-state index is -0.918. The summed E-state index contributed by atoms with van der Waals surface area (Å²) in [5.74, 6) is -0.985. The van der Waals surface area contributed by atoms with E-state index in [2.05, 4.69) is 21.2 Å². The number of nitrogens with zero attached hydrogens (tertiary/aromatic N) is 1. The van der Waals surface area contributed by atoms with Crippen molar-refractivity contribution in [2.75, 3.05) is 24.4 Å². The van der Waals surface area contributed by atoms with E-state index in [4.69, 9.17) is 21.1 Å². The number of ether oxygens (including phenoxy) is 2. The third kappa shape index (κ3) is 7.64. The van der Waals surface area contributed by atoms with Crippen molar-refractivity contribution in [3.05, 3.63) is 83.4 Å². The molecule has 0 unspecified atom stereocenters. The number of hydrogen-bond donors (Lipinski definition) is 3. The average Bonchev–Trinajstić information content (AvgIpc) is 2.85. The lowest BCUT2D eigenvalue weighted by Crippen LogP contribution is -2.32. The van der Waals surface area contributed by atoms with Crippen molar-refractivity contribution in [2.24, 2.45) is 5.10 Å². The second kappa shape index (κ2) is 12.0. The summed E-state index contributed by atoms with van der Waals surface area (Å²) in [6.07, 6.45) is 1.37. The van der Waals surface area contributed by atoms with Crippen molar-refractivity contribution < 1.29 is 23.9 Å². The molecule has 34 heavy (non-hydrogen) atoms. The Labute approximate surface area is 200 Å². The number of hydrazone groups is 1. The Morgan fingerprint density at radius 2 is 1.41 bits per heavy atom. The van der Waals surface area contributed by atoms with E-state index in [1.807, 2.05) is 0 Å². The number of anilines is 2. The number of hydrogen-bond acceptors (Lipinski definition) is 6. The lowest BCUT2D eigenvalue weighted by Gasteiger charge is -2.08. The normalized spacial score (nSPS) is 10.4. The van der Waals surface area contributed by atoms with Gasteiger partial charge < -0.3 is 20.1 Å². The maximum absolute atomic E-state index is 12.0. The topological polar surface area (TPSA) is 118 Å². The minimum Gasteiger partial charge on any atom is -0.497 e. The Morgan fingerprint density at radius 1 is 0.824 bits per heavy atom. The molecule has 0 aliphatic heterocycles. The molecule has 0 fully saturated rings. The first-order valence-electron chi connectivity index (χ1n) is 9.99. The zero-order valence-corrected chi connectivity index (χ0v) is 18.8. The van der Waals surface area contributed by atoms with Crippen LogP contribution in [0.5, 0.6) is 11.5 Å². The maximum atomic E-state index is 12.0. The quantitative estimate of drug-likeness (QED) is 0.259. The molecule has 9 nitrogen and oxygen atoms in total.